The average molecular weight is 820 g/mol. The van der Waals surface area contributed by atoms with Crippen molar-refractivity contribution in [2.45, 2.75) is 31.7 Å². The number of nitrogens with zero attached hydrogens (tertiary/aromatic N) is 1. The van der Waals surface area contributed by atoms with Crippen LogP contribution in [0, 0.1) is 17.6 Å². The Bertz CT molecular complexity index is 2180. The molecule has 4 heterocycles. The van der Waals surface area contributed by atoms with Gasteiger partial charge in [-0.15, -0.1) is 0 Å². The van der Waals surface area contributed by atoms with Crippen LogP contribution in [0.2, 0.25) is 0 Å². The monoisotopic (exact) mass is 818 g/mol. The molecule has 11 nitrogen and oxygen atoms in total. The largest absolute Gasteiger partial charge is 0.493 e. The van der Waals surface area contributed by atoms with Gasteiger partial charge in [-0.1, -0.05) is 28.1 Å². The van der Waals surface area contributed by atoms with E-state index in [2.05, 4.69) is 26.6 Å². The molecule has 0 saturated carbocycles. The van der Waals surface area contributed by atoms with Crippen LogP contribution in [0.5, 0.6) is 11.5 Å². The zero-order valence-electron chi connectivity index (χ0n) is 30.1. The molecule has 1 amide bonds. The number of halogens is 3. The Morgan fingerprint density at radius 1 is 0.964 bits per heavy atom. The van der Waals surface area contributed by atoms with Gasteiger partial charge >= 0.3 is 0 Å². The summed E-state index contributed by atoms with van der Waals surface area (Å²) in [6.45, 7) is 3.60. The molecular weight excluding hydrogens is 778 g/mol. The van der Waals surface area contributed by atoms with E-state index in [1.807, 2.05) is 12.1 Å². The van der Waals surface area contributed by atoms with Crippen LogP contribution in [-0.2, 0) is 20.8 Å². The van der Waals surface area contributed by atoms with Gasteiger partial charge in [0, 0.05) is 65.2 Å². The molecule has 0 spiro atoms. The number of benzene rings is 3. The number of pyridine rings is 1. The number of carbonyl (C=O) groups is 1. The van der Waals surface area contributed by atoms with E-state index in [-0.39, 0.29) is 40.0 Å². The molecule has 14 heteroatoms. The number of methoxy groups -OCH3 is 1. The maximum Gasteiger partial charge on any atom is 0.261 e. The Morgan fingerprint density at radius 3 is 2.51 bits per heavy atom. The van der Waals surface area contributed by atoms with Crippen molar-refractivity contribution in [2.24, 2.45) is 11.7 Å². The van der Waals surface area contributed by atoms with Gasteiger partial charge in [0.15, 0.2) is 11.5 Å². The Balaban J connectivity index is 1.11. The van der Waals surface area contributed by atoms with E-state index in [0.717, 1.165) is 24.0 Å². The molecule has 2 saturated heterocycles. The number of anilines is 1. The molecule has 1 aromatic heterocycles. The minimum atomic E-state index is -0.751. The molecule has 2 atom stereocenters. The van der Waals surface area contributed by atoms with Crippen molar-refractivity contribution in [1.82, 2.24) is 9.88 Å². The first-order valence-electron chi connectivity index (χ1n) is 18.0. The van der Waals surface area contributed by atoms with Gasteiger partial charge in [0.2, 0.25) is 5.43 Å². The summed E-state index contributed by atoms with van der Waals surface area (Å²) in [6.07, 6.45) is 7.31. The van der Waals surface area contributed by atoms with Crippen molar-refractivity contribution >= 4 is 38.7 Å². The van der Waals surface area contributed by atoms with Gasteiger partial charge in [-0.25, -0.2) is 8.78 Å². The fourth-order valence-electron chi connectivity index (χ4n) is 6.81. The second kappa shape index (κ2) is 17.3. The fourth-order valence-corrected chi connectivity index (χ4v) is 7.15. The lowest BCUT2D eigenvalue weighted by molar-refractivity contribution is -0.101. The summed E-state index contributed by atoms with van der Waals surface area (Å²) in [5, 5.41) is 5.76. The molecule has 55 heavy (non-hydrogen) atoms. The maximum atomic E-state index is 15.9. The van der Waals surface area contributed by atoms with E-state index in [1.54, 1.807) is 42.3 Å². The maximum absolute atomic E-state index is 15.9. The smallest absolute Gasteiger partial charge is 0.261 e. The first kappa shape index (κ1) is 38.4. The lowest BCUT2D eigenvalue weighted by Gasteiger charge is -2.24. The molecule has 7 rings (SSSR count). The van der Waals surface area contributed by atoms with Gasteiger partial charge in [0.05, 0.1) is 26.9 Å². The quantitative estimate of drug-likeness (QED) is 0.158. The zero-order chi connectivity index (χ0) is 38.5. The molecule has 0 aliphatic carbocycles. The van der Waals surface area contributed by atoms with Crippen LogP contribution in [0.1, 0.15) is 34.3 Å². The summed E-state index contributed by atoms with van der Waals surface area (Å²) >= 11 is 3.26. The van der Waals surface area contributed by atoms with Crippen molar-refractivity contribution in [3.8, 4) is 22.6 Å². The number of nitrogens with one attached hydrogen (secondary N) is 2. The molecule has 4 aromatic rings. The number of hydrogen-bond acceptors (Lipinski definition) is 9. The minimum Gasteiger partial charge on any atom is -0.493 e. The number of amides is 1. The van der Waals surface area contributed by atoms with Crippen LogP contribution in [0.25, 0.3) is 22.3 Å². The van der Waals surface area contributed by atoms with Crippen molar-refractivity contribution in [2.75, 3.05) is 52.1 Å². The van der Waals surface area contributed by atoms with Gasteiger partial charge in [0.25, 0.3) is 5.91 Å². The summed E-state index contributed by atoms with van der Waals surface area (Å²) in [5.41, 5.74) is 7.97. The number of rotatable bonds is 11. The highest BCUT2D eigenvalue weighted by molar-refractivity contribution is 9.10. The molecule has 4 N–H and O–H groups in total. The normalized spacial score (nSPS) is 18.9. The highest BCUT2D eigenvalue weighted by Crippen LogP contribution is 2.35. The summed E-state index contributed by atoms with van der Waals surface area (Å²) < 4.78 is 61.4. The summed E-state index contributed by atoms with van der Waals surface area (Å²) in [7, 11) is 1.55. The minimum absolute atomic E-state index is 0.0461. The number of dihydropyridines is 1. The molecule has 288 valence electrons. The van der Waals surface area contributed by atoms with Gasteiger partial charge < -0.3 is 44.6 Å². The Hall–Kier alpha value is -4.86. The van der Waals surface area contributed by atoms with Crippen molar-refractivity contribution in [1.29, 1.82) is 0 Å². The van der Waals surface area contributed by atoms with Crippen LogP contribution in [0.3, 0.4) is 0 Å². The Labute approximate surface area is 325 Å². The predicted molar refractivity (Wildman–Crippen MR) is 208 cm³/mol. The summed E-state index contributed by atoms with van der Waals surface area (Å²) in [4.78, 5) is 27.4. The van der Waals surface area contributed by atoms with Crippen LogP contribution in [0.15, 0.2) is 88.5 Å². The van der Waals surface area contributed by atoms with Crippen LogP contribution in [0.4, 0.5) is 14.5 Å². The Kier molecular flexibility index (Phi) is 12.1. The topological polar surface area (TPSA) is 135 Å². The summed E-state index contributed by atoms with van der Waals surface area (Å²) in [5.74, 6) is -0.698. The second-order valence-corrected chi connectivity index (χ2v) is 14.4. The first-order valence-corrected chi connectivity index (χ1v) is 18.8. The predicted octanol–water partition coefficient (Wildman–Crippen LogP) is 6.35. The van der Waals surface area contributed by atoms with E-state index >= 15 is 8.78 Å². The van der Waals surface area contributed by atoms with Crippen molar-refractivity contribution < 1.29 is 37.3 Å². The highest BCUT2D eigenvalue weighted by Gasteiger charge is 2.24. The highest BCUT2D eigenvalue weighted by atomic mass is 79.9. The molecule has 1 unspecified atom stereocenters. The average Bonchev–Trinajstić information content (AvgIpc) is 3.19. The number of allylic oxidation sites excluding steroid dienone is 2. The number of hydrogen-bond donors (Lipinski definition) is 3. The van der Waals surface area contributed by atoms with Crippen LogP contribution < -0.4 is 31.3 Å². The lowest BCUT2D eigenvalue weighted by Crippen LogP contribution is -2.37. The summed E-state index contributed by atoms with van der Waals surface area (Å²) in [6, 6.07) is 14.1. The molecule has 3 aliphatic rings. The Morgan fingerprint density at radius 2 is 1.76 bits per heavy atom. The molecule has 3 aromatic carbocycles. The van der Waals surface area contributed by atoms with E-state index in [4.69, 9.17) is 29.4 Å². The van der Waals surface area contributed by atoms with Gasteiger partial charge in [-0.05, 0) is 84.0 Å². The third-order valence-corrected chi connectivity index (χ3v) is 10.3. The molecule has 3 aliphatic heterocycles. The number of carbonyl (C=O) groups excluding carboxylic acids is 1. The molecular formula is C41H41BrF2N4O7. The van der Waals surface area contributed by atoms with Crippen molar-refractivity contribution in [3.63, 3.8) is 0 Å². The second-order valence-electron chi connectivity index (χ2n) is 13.5. The SMILES string of the molecule is COc1cc(C2=CNC(N)C(c3ccc(NC(=O)c4cn(CC5CCOCC5)cc(-c5ccc(Br)cc5F)c4=O)cc3F)=C2)ccc1OC[C@H]1COCCO1. The zero-order valence-corrected chi connectivity index (χ0v) is 31.7. The van der Waals surface area contributed by atoms with Crippen molar-refractivity contribution in [3.05, 3.63) is 122 Å². The number of nitrogens with two attached hydrogens (primary N) is 1. The van der Waals surface area contributed by atoms with E-state index < -0.39 is 29.1 Å². The fraction of sp³-hybridized carbons (Fsp3) is 0.317. The van der Waals surface area contributed by atoms with Gasteiger partial charge in [0.1, 0.15) is 36.1 Å². The third-order valence-electron chi connectivity index (χ3n) is 9.76. The first-order chi connectivity index (χ1) is 26.7. The lowest BCUT2D eigenvalue weighted by atomic mass is 9.94. The standard InChI is InChI=1S/C41H41BrF2N4O7/c1-51-38-15-25(2-7-37(38)55-23-29-22-53-12-13-54-29)26-14-32(40(45)46-18-26)30-6-4-28(17-36(30)44)47-41(50)34-21-48(19-24-8-10-52-11-9-24)20-33(39(34)49)31-5-3-27(42)16-35(31)43/h2-7,14-18,20-21,24,29,40,46H,8-13,19,22-23,45H2,1H3,(H,47,50)/t29-,40?/m1/s1. The number of ether oxygens (including phenoxy) is 5. The number of aromatic nitrogens is 1. The molecule has 0 radical (unpaired) electrons. The molecule has 0 bridgehead atoms. The van der Waals surface area contributed by atoms with E-state index in [9.17, 15) is 9.59 Å². The van der Waals surface area contributed by atoms with Gasteiger partial charge in [-0.2, -0.15) is 0 Å². The van der Waals surface area contributed by atoms with Gasteiger partial charge in [-0.3, -0.25) is 9.59 Å². The van der Waals surface area contributed by atoms with E-state index in [0.29, 0.717) is 67.7 Å². The van der Waals surface area contributed by atoms with Crippen LogP contribution in [-0.4, -0.2) is 69.5 Å². The third kappa shape index (κ3) is 9.00. The van der Waals surface area contributed by atoms with Crippen LogP contribution >= 0.6 is 15.9 Å². The molecule has 2 fully saturated rings. The van der Waals surface area contributed by atoms with E-state index in [1.165, 1.54) is 36.5 Å².